The Hall–Kier alpha value is -3.02. The highest BCUT2D eigenvalue weighted by Crippen LogP contribution is 2.28. The molecule has 0 aromatic heterocycles. The number of ether oxygens (including phenoxy) is 2. The number of nitrogens with zero attached hydrogens (tertiary/aromatic N) is 1. The van der Waals surface area contributed by atoms with Crippen molar-refractivity contribution in [2.75, 3.05) is 20.3 Å². The average Bonchev–Trinajstić information content (AvgIpc) is 3.28. The van der Waals surface area contributed by atoms with Crippen molar-refractivity contribution < 1.29 is 19.1 Å². The van der Waals surface area contributed by atoms with Gasteiger partial charge in [-0.15, -0.1) is 0 Å². The van der Waals surface area contributed by atoms with Gasteiger partial charge in [-0.3, -0.25) is 9.59 Å². The highest BCUT2D eigenvalue weighted by Gasteiger charge is 2.34. The quantitative estimate of drug-likeness (QED) is 0.660. The number of benzene rings is 2. The van der Waals surface area contributed by atoms with E-state index in [0.717, 1.165) is 18.4 Å². The summed E-state index contributed by atoms with van der Waals surface area (Å²) in [6, 6.07) is 14.4. The molecule has 1 heterocycles. The fourth-order valence-corrected chi connectivity index (χ4v) is 3.68. The second kappa shape index (κ2) is 10.8. The number of carbonyl (C=O) groups is 2. The maximum atomic E-state index is 12.8. The molecule has 1 atom stereocenters. The monoisotopic (exact) mass is 424 g/mol. The fraction of sp³-hybridized carbons (Fsp3) is 0.440. The molecule has 6 nitrogen and oxygen atoms in total. The van der Waals surface area contributed by atoms with Gasteiger partial charge in [-0.1, -0.05) is 38.1 Å². The first-order valence-corrected chi connectivity index (χ1v) is 10.9. The number of methoxy groups -OCH3 is 1. The van der Waals surface area contributed by atoms with E-state index in [2.05, 4.69) is 19.2 Å². The van der Waals surface area contributed by atoms with E-state index in [1.54, 1.807) is 24.1 Å². The number of nitrogens with one attached hydrogen (secondary N) is 1. The predicted molar refractivity (Wildman–Crippen MR) is 120 cm³/mol. The average molecular weight is 425 g/mol. The van der Waals surface area contributed by atoms with Crippen molar-refractivity contribution in [3.05, 3.63) is 59.7 Å². The van der Waals surface area contributed by atoms with E-state index in [4.69, 9.17) is 9.47 Å². The van der Waals surface area contributed by atoms with E-state index < -0.39 is 6.04 Å². The SMILES string of the molecule is COc1cc(CNC(=O)C2CCCN2C(=O)c2ccccc2)ccc1OCCC(C)C. The van der Waals surface area contributed by atoms with Crippen LogP contribution >= 0.6 is 0 Å². The largest absolute Gasteiger partial charge is 0.493 e. The molecule has 0 saturated carbocycles. The molecule has 1 unspecified atom stereocenters. The highest BCUT2D eigenvalue weighted by atomic mass is 16.5. The number of likely N-dealkylation sites (tertiary alicyclic amines) is 1. The predicted octanol–water partition coefficient (Wildman–Crippen LogP) is 4.04. The first-order valence-electron chi connectivity index (χ1n) is 10.9. The number of rotatable bonds is 9. The zero-order valence-electron chi connectivity index (χ0n) is 18.6. The summed E-state index contributed by atoms with van der Waals surface area (Å²) < 4.78 is 11.3. The molecule has 1 aliphatic heterocycles. The minimum absolute atomic E-state index is 0.0946. The van der Waals surface area contributed by atoms with Gasteiger partial charge in [0.2, 0.25) is 5.91 Å². The summed E-state index contributed by atoms with van der Waals surface area (Å²) in [4.78, 5) is 27.3. The first-order chi connectivity index (χ1) is 15.0. The molecule has 1 fully saturated rings. The molecule has 0 aliphatic carbocycles. The van der Waals surface area contributed by atoms with Crippen LogP contribution < -0.4 is 14.8 Å². The van der Waals surface area contributed by atoms with Crippen LogP contribution in [0.1, 0.15) is 49.0 Å². The van der Waals surface area contributed by atoms with Crippen LogP contribution in [0, 0.1) is 5.92 Å². The first kappa shape index (κ1) is 22.7. The normalized spacial score (nSPS) is 15.7. The van der Waals surface area contributed by atoms with Crippen molar-refractivity contribution in [3.8, 4) is 11.5 Å². The van der Waals surface area contributed by atoms with Gasteiger partial charge in [-0.05, 0) is 55.0 Å². The van der Waals surface area contributed by atoms with Crippen molar-refractivity contribution in [3.63, 3.8) is 0 Å². The molecule has 0 radical (unpaired) electrons. The van der Waals surface area contributed by atoms with Crippen LogP contribution in [0.4, 0.5) is 0 Å². The summed E-state index contributed by atoms with van der Waals surface area (Å²) in [5.41, 5.74) is 1.53. The molecule has 6 heteroatoms. The number of hydrogen-bond donors (Lipinski definition) is 1. The van der Waals surface area contributed by atoms with Gasteiger partial charge < -0.3 is 19.7 Å². The van der Waals surface area contributed by atoms with Crippen LogP contribution in [-0.4, -0.2) is 43.0 Å². The summed E-state index contributed by atoms with van der Waals surface area (Å²) in [7, 11) is 1.61. The van der Waals surface area contributed by atoms with E-state index >= 15 is 0 Å². The summed E-state index contributed by atoms with van der Waals surface area (Å²) in [5, 5.41) is 2.98. The molecular weight excluding hydrogens is 392 g/mol. The summed E-state index contributed by atoms with van der Waals surface area (Å²) in [6.45, 7) is 5.92. The van der Waals surface area contributed by atoms with Gasteiger partial charge in [0.1, 0.15) is 6.04 Å². The van der Waals surface area contributed by atoms with Crippen molar-refractivity contribution in [2.45, 2.75) is 45.7 Å². The zero-order chi connectivity index (χ0) is 22.2. The number of amides is 2. The Morgan fingerprint density at radius 2 is 1.90 bits per heavy atom. The van der Waals surface area contributed by atoms with E-state index in [-0.39, 0.29) is 11.8 Å². The molecule has 1 N–H and O–H groups in total. The summed E-state index contributed by atoms with van der Waals surface area (Å²) >= 11 is 0. The molecule has 0 bridgehead atoms. The van der Waals surface area contributed by atoms with Crippen molar-refractivity contribution in [1.29, 1.82) is 0 Å². The Bertz CT molecular complexity index is 882. The maximum Gasteiger partial charge on any atom is 0.254 e. The lowest BCUT2D eigenvalue weighted by molar-refractivity contribution is -0.125. The fourth-order valence-electron chi connectivity index (χ4n) is 3.68. The Labute approximate surface area is 184 Å². The second-order valence-corrected chi connectivity index (χ2v) is 8.26. The highest BCUT2D eigenvalue weighted by molar-refractivity contribution is 5.97. The van der Waals surface area contributed by atoms with E-state index in [9.17, 15) is 9.59 Å². The molecule has 31 heavy (non-hydrogen) atoms. The van der Waals surface area contributed by atoms with Crippen LogP contribution in [0.25, 0.3) is 0 Å². The minimum atomic E-state index is -0.437. The summed E-state index contributed by atoms with van der Waals surface area (Å²) in [6.07, 6.45) is 2.48. The van der Waals surface area contributed by atoms with Crippen LogP contribution in [0.3, 0.4) is 0 Å². The Balaban J connectivity index is 1.58. The summed E-state index contributed by atoms with van der Waals surface area (Å²) in [5.74, 6) is 1.70. The molecule has 2 amide bonds. The Kier molecular flexibility index (Phi) is 7.93. The molecule has 2 aromatic carbocycles. The Morgan fingerprint density at radius 3 is 2.61 bits per heavy atom. The topological polar surface area (TPSA) is 67.9 Å². The number of carbonyl (C=O) groups excluding carboxylic acids is 2. The van der Waals surface area contributed by atoms with Crippen molar-refractivity contribution in [1.82, 2.24) is 10.2 Å². The van der Waals surface area contributed by atoms with Crippen LogP contribution in [-0.2, 0) is 11.3 Å². The smallest absolute Gasteiger partial charge is 0.254 e. The van der Waals surface area contributed by atoms with Gasteiger partial charge in [-0.25, -0.2) is 0 Å². The third-order valence-corrected chi connectivity index (χ3v) is 5.48. The molecule has 1 aliphatic rings. The van der Waals surface area contributed by atoms with Crippen LogP contribution in [0.5, 0.6) is 11.5 Å². The zero-order valence-corrected chi connectivity index (χ0v) is 18.6. The van der Waals surface area contributed by atoms with Crippen molar-refractivity contribution >= 4 is 11.8 Å². The second-order valence-electron chi connectivity index (χ2n) is 8.26. The van der Waals surface area contributed by atoms with Gasteiger partial charge in [0.05, 0.1) is 13.7 Å². The van der Waals surface area contributed by atoms with Crippen molar-refractivity contribution in [2.24, 2.45) is 5.92 Å². The van der Waals surface area contributed by atoms with E-state index in [1.807, 2.05) is 36.4 Å². The van der Waals surface area contributed by atoms with Gasteiger partial charge in [0.25, 0.3) is 5.91 Å². The maximum absolute atomic E-state index is 12.8. The minimum Gasteiger partial charge on any atom is -0.493 e. The van der Waals surface area contributed by atoms with Gasteiger partial charge in [0, 0.05) is 18.7 Å². The lowest BCUT2D eigenvalue weighted by Crippen LogP contribution is -2.45. The molecule has 2 aromatic rings. The third-order valence-electron chi connectivity index (χ3n) is 5.48. The van der Waals surface area contributed by atoms with E-state index in [0.29, 0.717) is 49.1 Å². The molecular formula is C25H32N2O4. The lowest BCUT2D eigenvalue weighted by atomic mass is 10.1. The van der Waals surface area contributed by atoms with Gasteiger partial charge in [0.15, 0.2) is 11.5 Å². The molecule has 3 rings (SSSR count). The van der Waals surface area contributed by atoms with Gasteiger partial charge >= 0.3 is 0 Å². The molecule has 1 saturated heterocycles. The number of hydrogen-bond acceptors (Lipinski definition) is 4. The van der Waals surface area contributed by atoms with Gasteiger partial charge in [-0.2, -0.15) is 0 Å². The molecule has 0 spiro atoms. The Morgan fingerprint density at radius 1 is 1.13 bits per heavy atom. The molecule has 166 valence electrons. The van der Waals surface area contributed by atoms with Crippen LogP contribution in [0.2, 0.25) is 0 Å². The van der Waals surface area contributed by atoms with E-state index in [1.165, 1.54) is 0 Å². The standard InChI is InChI=1S/C25H32N2O4/c1-18(2)13-15-31-22-12-11-19(16-23(22)30-3)17-26-24(28)21-10-7-14-27(21)25(29)20-8-5-4-6-9-20/h4-6,8-9,11-12,16,18,21H,7,10,13-15,17H2,1-3H3,(H,26,28). The third kappa shape index (κ3) is 6.00. The lowest BCUT2D eigenvalue weighted by Gasteiger charge is -2.24. The van der Waals surface area contributed by atoms with Crippen LogP contribution in [0.15, 0.2) is 48.5 Å².